The molecule has 4 rings (SSSR count). The molecular weight excluding hydrogens is 406 g/mol. The third-order valence-corrected chi connectivity index (χ3v) is 5.12. The van der Waals surface area contributed by atoms with Crippen molar-refractivity contribution in [3.63, 3.8) is 0 Å². The van der Waals surface area contributed by atoms with Crippen molar-refractivity contribution in [3.8, 4) is 11.3 Å². The second-order valence-electron chi connectivity index (χ2n) is 7.42. The fourth-order valence-corrected chi connectivity index (χ4v) is 3.49. The molecule has 4 aromatic rings. The summed E-state index contributed by atoms with van der Waals surface area (Å²) in [5, 5.41) is 18.4. The zero-order valence-electron chi connectivity index (χ0n) is 17.1. The molecule has 1 heterocycles. The second kappa shape index (κ2) is 9.26. The van der Waals surface area contributed by atoms with Crippen LogP contribution >= 0.6 is 0 Å². The molecule has 7 nitrogen and oxygen atoms in total. The zero-order valence-corrected chi connectivity index (χ0v) is 17.1. The number of benzene rings is 3. The summed E-state index contributed by atoms with van der Waals surface area (Å²) in [4.78, 5) is 36.4. The molecule has 0 spiro atoms. The standard InChI is InChI=1S/C25H21N3O4/c29-23(26-22(25(31)32)14-17-6-2-1-3-7-17)16-28-24(30)13-12-21(27-28)20-11-10-18-8-4-5-9-19(18)15-20/h1-13,15,22H,14,16H2,(H,26,29)(H,31,32). The highest BCUT2D eigenvalue weighted by Gasteiger charge is 2.21. The lowest BCUT2D eigenvalue weighted by Crippen LogP contribution is -2.44. The van der Waals surface area contributed by atoms with Gasteiger partial charge in [0.1, 0.15) is 12.6 Å². The first kappa shape index (κ1) is 21.0. The van der Waals surface area contributed by atoms with E-state index in [1.165, 1.54) is 6.07 Å². The van der Waals surface area contributed by atoms with E-state index < -0.39 is 23.5 Å². The lowest BCUT2D eigenvalue weighted by Gasteiger charge is -2.15. The number of amides is 1. The molecule has 0 bridgehead atoms. The normalized spacial score (nSPS) is 11.8. The Morgan fingerprint density at radius 1 is 0.906 bits per heavy atom. The minimum Gasteiger partial charge on any atom is -0.480 e. The maximum absolute atomic E-state index is 12.5. The highest BCUT2D eigenvalue weighted by atomic mass is 16.4. The number of nitrogens with zero attached hydrogens (tertiary/aromatic N) is 2. The average molecular weight is 427 g/mol. The first-order valence-corrected chi connectivity index (χ1v) is 10.1. The number of carbonyl (C=O) groups is 2. The van der Waals surface area contributed by atoms with Crippen molar-refractivity contribution in [3.05, 3.63) is 101 Å². The van der Waals surface area contributed by atoms with Crippen LogP contribution in [0.25, 0.3) is 22.0 Å². The topological polar surface area (TPSA) is 101 Å². The maximum atomic E-state index is 12.5. The van der Waals surface area contributed by atoms with Gasteiger partial charge in [0.05, 0.1) is 5.69 Å². The fraction of sp³-hybridized carbons (Fsp3) is 0.120. The first-order chi connectivity index (χ1) is 15.5. The number of carboxylic acids is 1. The number of hydrogen-bond donors (Lipinski definition) is 2. The average Bonchev–Trinajstić information content (AvgIpc) is 2.80. The van der Waals surface area contributed by atoms with Gasteiger partial charge >= 0.3 is 5.97 Å². The Hall–Kier alpha value is -4.26. The fourth-order valence-electron chi connectivity index (χ4n) is 3.49. The van der Waals surface area contributed by atoms with Crippen molar-refractivity contribution < 1.29 is 14.7 Å². The Morgan fingerprint density at radius 3 is 2.38 bits per heavy atom. The summed E-state index contributed by atoms with van der Waals surface area (Å²) >= 11 is 0. The molecule has 0 saturated carbocycles. The molecule has 7 heteroatoms. The number of aliphatic carboxylic acids is 1. The summed E-state index contributed by atoms with van der Waals surface area (Å²) in [7, 11) is 0. The number of aromatic nitrogens is 2. The highest BCUT2D eigenvalue weighted by Crippen LogP contribution is 2.22. The minimum atomic E-state index is -1.15. The van der Waals surface area contributed by atoms with Crippen LogP contribution in [0.4, 0.5) is 0 Å². The zero-order chi connectivity index (χ0) is 22.5. The van der Waals surface area contributed by atoms with Crippen LogP contribution in [0.15, 0.2) is 89.7 Å². The van der Waals surface area contributed by atoms with Crippen molar-refractivity contribution >= 4 is 22.6 Å². The largest absolute Gasteiger partial charge is 0.480 e. The Morgan fingerprint density at radius 2 is 1.62 bits per heavy atom. The van der Waals surface area contributed by atoms with Crippen molar-refractivity contribution in [1.82, 2.24) is 15.1 Å². The van der Waals surface area contributed by atoms with Crippen LogP contribution < -0.4 is 10.9 Å². The van der Waals surface area contributed by atoms with Crippen LogP contribution in [-0.2, 0) is 22.6 Å². The van der Waals surface area contributed by atoms with Gasteiger partial charge in [-0.3, -0.25) is 9.59 Å². The van der Waals surface area contributed by atoms with E-state index >= 15 is 0 Å². The summed E-state index contributed by atoms with van der Waals surface area (Å²) in [6.45, 7) is -0.376. The molecule has 1 amide bonds. The molecule has 32 heavy (non-hydrogen) atoms. The summed E-state index contributed by atoms with van der Waals surface area (Å²) in [6.07, 6.45) is 0.140. The Balaban J connectivity index is 1.52. The van der Waals surface area contributed by atoms with Gasteiger partial charge in [0.25, 0.3) is 5.56 Å². The van der Waals surface area contributed by atoms with Gasteiger partial charge in [0.2, 0.25) is 5.91 Å². The SMILES string of the molecule is O=C(Cn1nc(-c2ccc3ccccc3c2)ccc1=O)NC(Cc1ccccc1)C(=O)O. The number of carbonyl (C=O) groups excluding carboxylic acids is 1. The number of carboxylic acid groups (broad SMARTS) is 1. The van der Waals surface area contributed by atoms with Crippen LogP contribution in [0.3, 0.4) is 0 Å². The van der Waals surface area contributed by atoms with Gasteiger partial charge in [-0.05, 0) is 28.5 Å². The monoisotopic (exact) mass is 427 g/mol. The van der Waals surface area contributed by atoms with Gasteiger partial charge in [-0.25, -0.2) is 9.48 Å². The van der Waals surface area contributed by atoms with E-state index in [2.05, 4.69) is 10.4 Å². The molecule has 1 unspecified atom stereocenters. The molecule has 3 aromatic carbocycles. The molecule has 0 radical (unpaired) electrons. The number of fused-ring (bicyclic) bond motifs is 1. The second-order valence-corrected chi connectivity index (χ2v) is 7.42. The number of nitrogens with one attached hydrogen (secondary N) is 1. The van der Waals surface area contributed by atoms with E-state index in [1.807, 2.05) is 48.5 Å². The van der Waals surface area contributed by atoms with Gasteiger partial charge in [0, 0.05) is 18.1 Å². The lowest BCUT2D eigenvalue weighted by atomic mass is 10.1. The molecule has 0 aliphatic heterocycles. The van der Waals surface area contributed by atoms with Crippen LogP contribution in [0.2, 0.25) is 0 Å². The third kappa shape index (κ3) is 4.89. The van der Waals surface area contributed by atoms with Crippen LogP contribution in [0.5, 0.6) is 0 Å². The van der Waals surface area contributed by atoms with Crippen LogP contribution in [0, 0.1) is 0 Å². The van der Waals surface area contributed by atoms with Crippen LogP contribution in [0.1, 0.15) is 5.56 Å². The quantitative estimate of drug-likeness (QED) is 0.472. The third-order valence-electron chi connectivity index (χ3n) is 5.12. The van der Waals surface area contributed by atoms with E-state index in [0.717, 1.165) is 26.6 Å². The molecule has 0 fully saturated rings. The molecule has 160 valence electrons. The maximum Gasteiger partial charge on any atom is 0.326 e. The lowest BCUT2D eigenvalue weighted by molar-refractivity contribution is -0.141. The van der Waals surface area contributed by atoms with Gasteiger partial charge in [0.15, 0.2) is 0 Å². The molecule has 0 saturated heterocycles. The van der Waals surface area contributed by atoms with Gasteiger partial charge in [-0.2, -0.15) is 5.10 Å². The van der Waals surface area contributed by atoms with Gasteiger partial charge in [-0.15, -0.1) is 0 Å². The molecule has 1 aromatic heterocycles. The molecule has 0 aliphatic rings. The Bertz CT molecular complexity index is 1330. The summed E-state index contributed by atoms with van der Waals surface area (Å²) in [6, 6.07) is 24.6. The van der Waals surface area contributed by atoms with E-state index in [1.54, 1.807) is 30.3 Å². The van der Waals surface area contributed by atoms with E-state index in [4.69, 9.17) is 0 Å². The van der Waals surface area contributed by atoms with Crippen molar-refractivity contribution in [2.45, 2.75) is 19.0 Å². The highest BCUT2D eigenvalue weighted by molar-refractivity contribution is 5.87. The van der Waals surface area contributed by atoms with Crippen molar-refractivity contribution in [1.29, 1.82) is 0 Å². The summed E-state index contributed by atoms with van der Waals surface area (Å²) < 4.78 is 1.04. The summed E-state index contributed by atoms with van der Waals surface area (Å²) in [5.41, 5.74) is 1.70. The van der Waals surface area contributed by atoms with E-state index in [9.17, 15) is 19.5 Å². The molecular formula is C25H21N3O4. The van der Waals surface area contributed by atoms with Gasteiger partial charge < -0.3 is 10.4 Å². The van der Waals surface area contributed by atoms with Gasteiger partial charge in [-0.1, -0.05) is 66.7 Å². The smallest absolute Gasteiger partial charge is 0.326 e. The molecule has 0 aliphatic carbocycles. The molecule has 2 N–H and O–H groups in total. The van der Waals surface area contributed by atoms with Crippen molar-refractivity contribution in [2.75, 3.05) is 0 Å². The number of hydrogen-bond acceptors (Lipinski definition) is 4. The number of rotatable bonds is 7. The van der Waals surface area contributed by atoms with Crippen LogP contribution in [-0.4, -0.2) is 32.8 Å². The van der Waals surface area contributed by atoms with Crippen molar-refractivity contribution in [2.24, 2.45) is 0 Å². The Kier molecular flexibility index (Phi) is 6.07. The van der Waals surface area contributed by atoms with E-state index in [-0.39, 0.29) is 13.0 Å². The summed E-state index contributed by atoms with van der Waals surface area (Å²) in [5.74, 6) is -1.74. The minimum absolute atomic E-state index is 0.140. The predicted octanol–water partition coefficient (Wildman–Crippen LogP) is 2.88. The van der Waals surface area contributed by atoms with E-state index in [0.29, 0.717) is 5.69 Å². The molecule has 1 atom stereocenters. The first-order valence-electron chi connectivity index (χ1n) is 10.1. The Labute approximate surface area is 183 Å². The predicted molar refractivity (Wildman–Crippen MR) is 121 cm³/mol.